The SMILES string of the molecule is N#Cc1nc(CCCN[C@H]2CCNC2=O)cc(-c2cccc(C(F)(F)F)c2)n1.O=C(O)C(F)(F)F. The number of hydrogen-bond acceptors (Lipinski definition) is 6. The summed E-state index contributed by atoms with van der Waals surface area (Å²) in [5.41, 5.74) is 0.339. The number of hydrogen-bond donors (Lipinski definition) is 3. The third-order valence-corrected chi connectivity index (χ3v) is 4.66. The van der Waals surface area contributed by atoms with E-state index in [0.29, 0.717) is 31.6 Å². The zero-order chi connectivity index (χ0) is 26.2. The first-order chi connectivity index (χ1) is 16.3. The highest BCUT2D eigenvalue weighted by molar-refractivity contribution is 5.83. The van der Waals surface area contributed by atoms with Gasteiger partial charge in [-0.3, -0.25) is 4.79 Å². The topological polar surface area (TPSA) is 128 Å². The molecule has 2 aromatic rings. The predicted octanol–water partition coefficient (Wildman–Crippen LogP) is 3.08. The van der Waals surface area contributed by atoms with Crippen LogP contribution in [0.1, 0.15) is 29.9 Å². The van der Waals surface area contributed by atoms with E-state index < -0.39 is 23.9 Å². The van der Waals surface area contributed by atoms with E-state index in [-0.39, 0.29) is 29.0 Å². The van der Waals surface area contributed by atoms with Crippen molar-refractivity contribution in [2.45, 2.75) is 37.7 Å². The Morgan fingerprint density at radius 3 is 2.43 bits per heavy atom. The monoisotopic (exact) mass is 503 g/mol. The van der Waals surface area contributed by atoms with Crippen molar-refractivity contribution in [1.82, 2.24) is 20.6 Å². The van der Waals surface area contributed by atoms with Gasteiger partial charge in [0.2, 0.25) is 11.7 Å². The van der Waals surface area contributed by atoms with E-state index in [0.717, 1.165) is 18.6 Å². The van der Waals surface area contributed by atoms with E-state index in [1.807, 2.05) is 6.07 Å². The van der Waals surface area contributed by atoms with Crippen molar-refractivity contribution in [3.63, 3.8) is 0 Å². The molecule has 188 valence electrons. The van der Waals surface area contributed by atoms with Crippen LogP contribution in [0.4, 0.5) is 26.3 Å². The first kappa shape index (κ1) is 27.5. The molecule has 0 spiro atoms. The number of nitriles is 1. The van der Waals surface area contributed by atoms with Gasteiger partial charge in [-0.05, 0) is 44.0 Å². The van der Waals surface area contributed by atoms with E-state index >= 15 is 0 Å². The van der Waals surface area contributed by atoms with Crippen molar-refractivity contribution in [3.8, 4) is 17.3 Å². The number of nitrogens with one attached hydrogen (secondary N) is 2. The Morgan fingerprint density at radius 1 is 1.20 bits per heavy atom. The zero-order valence-corrected chi connectivity index (χ0v) is 17.9. The van der Waals surface area contributed by atoms with Crippen LogP contribution in [0.15, 0.2) is 30.3 Å². The van der Waals surface area contributed by atoms with Crippen molar-refractivity contribution >= 4 is 11.9 Å². The quantitative estimate of drug-likeness (QED) is 0.408. The van der Waals surface area contributed by atoms with Crippen LogP contribution in [-0.2, 0) is 22.2 Å². The molecular weight excluding hydrogens is 484 g/mol. The maximum absolute atomic E-state index is 12.9. The Bertz CT molecular complexity index is 1100. The average molecular weight is 503 g/mol. The molecule has 1 aromatic carbocycles. The molecule has 3 N–H and O–H groups in total. The van der Waals surface area contributed by atoms with E-state index in [2.05, 4.69) is 20.6 Å². The fourth-order valence-corrected chi connectivity index (χ4v) is 3.01. The molecule has 2 heterocycles. The molecular formula is C21H19F6N5O3. The Labute approximate surface area is 195 Å². The van der Waals surface area contributed by atoms with Crippen molar-refractivity contribution in [2.75, 3.05) is 13.1 Å². The van der Waals surface area contributed by atoms with Crippen molar-refractivity contribution < 1.29 is 41.0 Å². The van der Waals surface area contributed by atoms with Crippen LogP contribution in [0.2, 0.25) is 0 Å². The van der Waals surface area contributed by atoms with Gasteiger partial charge in [0.25, 0.3) is 0 Å². The van der Waals surface area contributed by atoms with Crippen LogP contribution in [0, 0.1) is 11.3 Å². The third kappa shape index (κ3) is 8.53. The lowest BCUT2D eigenvalue weighted by molar-refractivity contribution is -0.192. The maximum Gasteiger partial charge on any atom is 0.490 e. The number of aromatic nitrogens is 2. The molecule has 0 unspecified atom stereocenters. The first-order valence-corrected chi connectivity index (χ1v) is 10.1. The summed E-state index contributed by atoms with van der Waals surface area (Å²) in [6.07, 6.45) is -7.63. The molecule has 35 heavy (non-hydrogen) atoms. The summed E-state index contributed by atoms with van der Waals surface area (Å²) in [7, 11) is 0. The molecule has 1 fully saturated rings. The van der Waals surface area contributed by atoms with Gasteiger partial charge in [0.15, 0.2) is 0 Å². The molecule has 0 radical (unpaired) electrons. The Kier molecular flexibility index (Phi) is 9.12. The van der Waals surface area contributed by atoms with Gasteiger partial charge in [0.1, 0.15) is 6.07 Å². The predicted molar refractivity (Wildman–Crippen MR) is 109 cm³/mol. The van der Waals surface area contributed by atoms with E-state index in [1.54, 1.807) is 6.07 Å². The van der Waals surface area contributed by atoms with Gasteiger partial charge in [0.05, 0.1) is 17.3 Å². The lowest BCUT2D eigenvalue weighted by Crippen LogP contribution is -2.36. The van der Waals surface area contributed by atoms with Gasteiger partial charge in [-0.25, -0.2) is 14.8 Å². The van der Waals surface area contributed by atoms with Crippen LogP contribution >= 0.6 is 0 Å². The number of amides is 1. The summed E-state index contributed by atoms with van der Waals surface area (Å²) >= 11 is 0. The normalized spacial score (nSPS) is 15.6. The number of aryl methyl sites for hydroxylation is 1. The largest absolute Gasteiger partial charge is 0.490 e. The summed E-state index contributed by atoms with van der Waals surface area (Å²) in [5, 5.41) is 22.2. The van der Waals surface area contributed by atoms with Crippen LogP contribution in [0.3, 0.4) is 0 Å². The first-order valence-electron chi connectivity index (χ1n) is 10.1. The molecule has 1 atom stereocenters. The maximum atomic E-state index is 12.9. The molecule has 8 nitrogen and oxygen atoms in total. The minimum Gasteiger partial charge on any atom is -0.475 e. The van der Waals surface area contributed by atoms with Gasteiger partial charge in [-0.15, -0.1) is 0 Å². The van der Waals surface area contributed by atoms with Gasteiger partial charge < -0.3 is 15.7 Å². The summed E-state index contributed by atoms with van der Waals surface area (Å²) in [6.45, 7) is 1.25. The Hall–Kier alpha value is -3.73. The number of halogens is 6. The second-order valence-electron chi connectivity index (χ2n) is 7.25. The molecule has 0 saturated carbocycles. The highest BCUT2D eigenvalue weighted by atomic mass is 19.4. The molecule has 1 saturated heterocycles. The molecule has 1 aliphatic heterocycles. The lowest BCUT2D eigenvalue weighted by Gasteiger charge is -2.11. The number of rotatable bonds is 6. The number of carboxylic acid groups (broad SMARTS) is 1. The molecule has 14 heteroatoms. The minimum absolute atomic E-state index is 0.0133. The molecule has 0 bridgehead atoms. The van der Waals surface area contributed by atoms with Crippen LogP contribution in [0.25, 0.3) is 11.3 Å². The number of nitrogens with zero attached hydrogens (tertiary/aromatic N) is 3. The van der Waals surface area contributed by atoms with E-state index in [1.165, 1.54) is 12.1 Å². The van der Waals surface area contributed by atoms with Crippen LogP contribution in [0.5, 0.6) is 0 Å². The van der Waals surface area contributed by atoms with E-state index in [4.69, 9.17) is 15.2 Å². The summed E-state index contributed by atoms with van der Waals surface area (Å²) in [5.74, 6) is -2.86. The molecule has 1 aliphatic rings. The average Bonchev–Trinajstić information content (AvgIpc) is 3.20. The van der Waals surface area contributed by atoms with Gasteiger partial charge >= 0.3 is 18.3 Å². The number of carbonyl (C=O) groups excluding carboxylic acids is 1. The van der Waals surface area contributed by atoms with Crippen molar-refractivity contribution in [1.29, 1.82) is 5.26 Å². The standard InChI is InChI=1S/C19H18F3N5O.C2HF3O2/c20-19(21,22)13-4-1-3-12(9-13)16-10-14(26-17(11-23)27-16)5-2-7-24-15-6-8-25-18(15)28;3-2(4,5)1(6)7/h1,3-4,9-10,15,24H,2,5-8H2,(H,25,28);(H,6,7)/t15-;/m0./s1. The molecule has 3 rings (SSSR count). The Balaban J connectivity index is 0.000000540. The van der Waals surface area contributed by atoms with Crippen LogP contribution in [-0.4, -0.2) is 52.3 Å². The second kappa shape index (κ2) is 11.6. The third-order valence-electron chi connectivity index (χ3n) is 4.66. The second-order valence-corrected chi connectivity index (χ2v) is 7.25. The number of benzene rings is 1. The summed E-state index contributed by atoms with van der Waals surface area (Å²) in [4.78, 5) is 28.6. The Morgan fingerprint density at radius 2 is 1.89 bits per heavy atom. The molecule has 0 aliphatic carbocycles. The lowest BCUT2D eigenvalue weighted by atomic mass is 10.1. The smallest absolute Gasteiger partial charge is 0.475 e. The van der Waals surface area contributed by atoms with Crippen LogP contribution < -0.4 is 10.6 Å². The van der Waals surface area contributed by atoms with Crippen molar-refractivity contribution in [2.24, 2.45) is 0 Å². The van der Waals surface area contributed by atoms with Gasteiger partial charge in [-0.2, -0.15) is 31.6 Å². The summed E-state index contributed by atoms with van der Waals surface area (Å²) < 4.78 is 70.6. The number of alkyl halides is 6. The number of carbonyl (C=O) groups is 2. The number of aliphatic carboxylic acids is 1. The molecule has 1 aromatic heterocycles. The zero-order valence-electron chi connectivity index (χ0n) is 17.9. The van der Waals surface area contributed by atoms with Gasteiger partial charge in [0, 0.05) is 17.8 Å². The highest BCUT2D eigenvalue weighted by Gasteiger charge is 2.38. The van der Waals surface area contributed by atoms with E-state index in [9.17, 15) is 31.1 Å². The minimum atomic E-state index is -5.08. The highest BCUT2D eigenvalue weighted by Crippen LogP contribution is 2.31. The fourth-order valence-electron chi connectivity index (χ4n) is 3.01. The van der Waals surface area contributed by atoms with Crippen molar-refractivity contribution in [3.05, 3.63) is 47.4 Å². The van der Waals surface area contributed by atoms with Gasteiger partial charge in [-0.1, -0.05) is 12.1 Å². The fraction of sp³-hybridized carbons (Fsp3) is 0.381. The molecule has 1 amide bonds. The summed E-state index contributed by atoms with van der Waals surface area (Å²) in [6, 6.07) is 8.07. The number of carboxylic acids is 1.